The Morgan fingerprint density at radius 1 is 1.59 bits per heavy atom. The molecule has 1 unspecified atom stereocenters. The van der Waals surface area contributed by atoms with Crippen LogP contribution in [0.5, 0.6) is 0 Å². The molecule has 0 fully saturated rings. The predicted octanol–water partition coefficient (Wildman–Crippen LogP) is 2.93. The lowest BCUT2D eigenvalue weighted by atomic mass is 9.99. The van der Waals surface area contributed by atoms with Crippen LogP contribution in [0.4, 0.5) is 11.4 Å². The molecule has 0 bridgehead atoms. The highest BCUT2D eigenvalue weighted by molar-refractivity contribution is 9.10. The second kappa shape index (κ2) is 5.46. The smallest absolute Gasteiger partial charge is 0.293 e. The predicted molar refractivity (Wildman–Crippen MR) is 70.2 cm³/mol. The van der Waals surface area contributed by atoms with Gasteiger partial charge in [-0.05, 0) is 25.5 Å². The van der Waals surface area contributed by atoms with Crippen molar-refractivity contribution < 1.29 is 10.0 Å². The van der Waals surface area contributed by atoms with E-state index in [1.807, 2.05) is 13.8 Å². The monoisotopic (exact) mass is 302 g/mol. The minimum absolute atomic E-state index is 0.00694. The number of benzene rings is 1. The molecule has 0 saturated heterocycles. The van der Waals surface area contributed by atoms with Crippen molar-refractivity contribution in [2.45, 2.75) is 25.8 Å². The van der Waals surface area contributed by atoms with Crippen molar-refractivity contribution in [3.63, 3.8) is 0 Å². The van der Waals surface area contributed by atoms with Crippen molar-refractivity contribution in [2.75, 3.05) is 11.9 Å². The Hall–Kier alpha value is -1.14. The van der Waals surface area contributed by atoms with E-state index in [1.54, 1.807) is 12.1 Å². The van der Waals surface area contributed by atoms with Crippen LogP contribution in [0, 0.1) is 10.1 Å². The van der Waals surface area contributed by atoms with Crippen molar-refractivity contribution >= 4 is 27.3 Å². The average Bonchev–Trinajstić information content (AvgIpc) is 2.31. The molecular weight excluding hydrogens is 288 g/mol. The molecule has 94 valence electrons. The summed E-state index contributed by atoms with van der Waals surface area (Å²) in [6.07, 6.45) is 0.663. The molecule has 5 nitrogen and oxygen atoms in total. The molecule has 17 heavy (non-hydrogen) atoms. The number of halogens is 1. The van der Waals surface area contributed by atoms with Gasteiger partial charge in [-0.1, -0.05) is 22.9 Å². The molecule has 1 atom stereocenters. The fourth-order valence-electron chi connectivity index (χ4n) is 1.33. The van der Waals surface area contributed by atoms with Crippen LogP contribution in [0.1, 0.15) is 20.3 Å². The van der Waals surface area contributed by atoms with Gasteiger partial charge < -0.3 is 10.4 Å². The van der Waals surface area contributed by atoms with Crippen LogP contribution in [0.3, 0.4) is 0 Å². The third kappa shape index (κ3) is 3.41. The third-order valence-electron chi connectivity index (χ3n) is 2.72. The number of rotatable bonds is 5. The Morgan fingerprint density at radius 2 is 2.24 bits per heavy atom. The molecule has 1 aromatic rings. The molecule has 0 aliphatic heterocycles. The maximum Gasteiger partial charge on any atom is 0.293 e. The number of nitro groups is 1. The van der Waals surface area contributed by atoms with Crippen molar-refractivity contribution in [2.24, 2.45) is 0 Å². The molecule has 0 saturated carbocycles. The molecule has 2 N–H and O–H groups in total. The second-order valence-electron chi connectivity index (χ2n) is 4.12. The number of hydrogen-bond donors (Lipinski definition) is 2. The maximum absolute atomic E-state index is 10.9. The zero-order valence-corrected chi connectivity index (χ0v) is 11.3. The fourth-order valence-corrected chi connectivity index (χ4v) is 1.68. The number of hydrogen-bond acceptors (Lipinski definition) is 4. The average molecular weight is 303 g/mol. The van der Waals surface area contributed by atoms with E-state index in [2.05, 4.69) is 21.2 Å². The second-order valence-corrected chi connectivity index (χ2v) is 5.03. The van der Waals surface area contributed by atoms with Gasteiger partial charge in [-0.15, -0.1) is 0 Å². The highest BCUT2D eigenvalue weighted by Gasteiger charge is 2.24. The van der Waals surface area contributed by atoms with Gasteiger partial charge in [0.1, 0.15) is 5.69 Å². The van der Waals surface area contributed by atoms with E-state index < -0.39 is 10.5 Å². The van der Waals surface area contributed by atoms with Crippen LogP contribution in [0.25, 0.3) is 0 Å². The van der Waals surface area contributed by atoms with Crippen molar-refractivity contribution in [1.29, 1.82) is 0 Å². The van der Waals surface area contributed by atoms with Crippen LogP contribution in [0.15, 0.2) is 22.7 Å². The Bertz CT molecular complexity index is 419. The van der Waals surface area contributed by atoms with E-state index in [9.17, 15) is 15.2 Å². The molecule has 1 aromatic carbocycles. The normalized spacial score (nSPS) is 14.1. The molecule has 0 aliphatic rings. The molecule has 0 radical (unpaired) electrons. The summed E-state index contributed by atoms with van der Waals surface area (Å²) in [7, 11) is 0. The highest BCUT2D eigenvalue weighted by Crippen LogP contribution is 2.30. The first-order valence-corrected chi connectivity index (χ1v) is 6.04. The molecule has 0 aliphatic carbocycles. The van der Waals surface area contributed by atoms with E-state index in [0.29, 0.717) is 16.6 Å². The molecule has 6 heteroatoms. The summed E-state index contributed by atoms with van der Waals surface area (Å²) in [6, 6.07) is 4.80. The first-order chi connectivity index (χ1) is 7.91. The van der Waals surface area contributed by atoms with Gasteiger partial charge in [0.05, 0.1) is 17.1 Å². The van der Waals surface area contributed by atoms with Gasteiger partial charge in [0.2, 0.25) is 0 Å². The molecule has 0 amide bonds. The maximum atomic E-state index is 10.9. The summed E-state index contributed by atoms with van der Waals surface area (Å²) in [5.74, 6) is 0. The molecule has 0 aromatic heterocycles. The van der Waals surface area contributed by atoms with E-state index in [-0.39, 0.29) is 12.3 Å². The van der Waals surface area contributed by atoms with E-state index in [1.165, 1.54) is 6.07 Å². The summed E-state index contributed by atoms with van der Waals surface area (Å²) in [4.78, 5) is 10.5. The van der Waals surface area contributed by atoms with E-state index in [4.69, 9.17) is 0 Å². The Labute approximate surface area is 108 Å². The standard InChI is InChI=1S/C11H15BrN2O3/c1-3-11(2,7-15)13-9-5-4-8(12)6-10(9)14(16)17/h4-6,13,15H,3,7H2,1-2H3. The van der Waals surface area contributed by atoms with Gasteiger partial charge in [-0.3, -0.25) is 10.1 Å². The minimum Gasteiger partial charge on any atom is -0.394 e. The first-order valence-electron chi connectivity index (χ1n) is 5.25. The lowest BCUT2D eigenvalue weighted by molar-refractivity contribution is -0.384. The number of aliphatic hydroxyl groups excluding tert-OH is 1. The Morgan fingerprint density at radius 3 is 2.71 bits per heavy atom. The van der Waals surface area contributed by atoms with Crippen LogP contribution in [-0.4, -0.2) is 22.2 Å². The van der Waals surface area contributed by atoms with Crippen LogP contribution >= 0.6 is 15.9 Å². The van der Waals surface area contributed by atoms with Crippen LogP contribution in [0.2, 0.25) is 0 Å². The van der Waals surface area contributed by atoms with Gasteiger partial charge in [0.25, 0.3) is 5.69 Å². The summed E-state index contributed by atoms with van der Waals surface area (Å²) >= 11 is 3.20. The lowest BCUT2D eigenvalue weighted by Crippen LogP contribution is -2.38. The summed E-state index contributed by atoms with van der Waals surface area (Å²) in [5.41, 5.74) is -0.150. The minimum atomic E-state index is -0.557. The third-order valence-corrected chi connectivity index (χ3v) is 3.22. The largest absolute Gasteiger partial charge is 0.394 e. The Balaban J connectivity index is 3.10. The van der Waals surface area contributed by atoms with E-state index >= 15 is 0 Å². The topological polar surface area (TPSA) is 75.4 Å². The summed E-state index contributed by atoms with van der Waals surface area (Å²) in [5, 5.41) is 23.2. The summed E-state index contributed by atoms with van der Waals surface area (Å²) in [6.45, 7) is 3.64. The zero-order chi connectivity index (χ0) is 13.1. The quantitative estimate of drug-likeness (QED) is 0.648. The van der Waals surface area contributed by atoms with Crippen LogP contribution in [-0.2, 0) is 0 Å². The fraction of sp³-hybridized carbons (Fsp3) is 0.455. The molecule has 0 spiro atoms. The number of nitrogens with zero attached hydrogens (tertiary/aromatic N) is 1. The van der Waals surface area contributed by atoms with Crippen molar-refractivity contribution in [1.82, 2.24) is 0 Å². The SMILES string of the molecule is CCC(C)(CO)Nc1ccc(Br)cc1[N+](=O)[O-]. The zero-order valence-electron chi connectivity index (χ0n) is 9.74. The molecular formula is C11H15BrN2O3. The molecule has 1 rings (SSSR count). The van der Waals surface area contributed by atoms with Gasteiger partial charge in [0.15, 0.2) is 0 Å². The molecule has 0 heterocycles. The first kappa shape index (κ1) is 13.9. The number of nitrogens with one attached hydrogen (secondary N) is 1. The Kier molecular flexibility index (Phi) is 4.47. The van der Waals surface area contributed by atoms with E-state index in [0.717, 1.165) is 0 Å². The number of anilines is 1. The summed E-state index contributed by atoms with van der Waals surface area (Å²) < 4.78 is 0.650. The van der Waals surface area contributed by atoms with Gasteiger partial charge >= 0.3 is 0 Å². The van der Waals surface area contributed by atoms with Crippen molar-refractivity contribution in [3.8, 4) is 0 Å². The van der Waals surface area contributed by atoms with Crippen LogP contribution < -0.4 is 5.32 Å². The van der Waals surface area contributed by atoms with Gasteiger partial charge in [0, 0.05) is 10.5 Å². The van der Waals surface area contributed by atoms with Gasteiger partial charge in [-0.2, -0.15) is 0 Å². The lowest BCUT2D eigenvalue weighted by Gasteiger charge is -2.28. The van der Waals surface area contributed by atoms with Gasteiger partial charge in [-0.25, -0.2) is 0 Å². The van der Waals surface area contributed by atoms with Crippen molar-refractivity contribution in [3.05, 3.63) is 32.8 Å². The number of aliphatic hydroxyl groups is 1. The highest BCUT2D eigenvalue weighted by atomic mass is 79.9. The number of nitro benzene ring substituents is 1.